The van der Waals surface area contributed by atoms with Gasteiger partial charge in [0.1, 0.15) is 0 Å². The Hall–Kier alpha value is -1.35. The number of hydrogen-bond acceptors (Lipinski definition) is 3. The van der Waals surface area contributed by atoms with Gasteiger partial charge in [0.05, 0.1) is 12.1 Å². The van der Waals surface area contributed by atoms with Crippen LogP contribution in [0.1, 0.15) is 19.8 Å². The first kappa shape index (κ1) is 8.65. The molecule has 0 saturated heterocycles. The minimum absolute atomic E-state index is 0.229. The molecule has 52 valence electrons. The zero-order valence-corrected chi connectivity index (χ0v) is 5.89. The highest BCUT2D eigenvalue weighted by Crippen LogP contribution is 2.00. The fourth-order valence-corrected chi connectivity index (χ4v) is 0.598. The van der Waals surface area contributed by atoms with Gasteiger partial charge in [-0.15, -0.1) is 0 Å². The monoisotopic (exact) mass is 135 g/mol. The third-order valence-electron chi connectivity index (χ3n) is 1.13. The molecule has 0 saturated carbocycles. The van der Waals surface area contributed by atoms with Crippen molar-refractivity contribution >= 4 is 5.71 Å². The topological polar surface area (TPSA) is 71.4 Å². The predicted octanol–water partition coefficient (Wildman–Crippen LogP) is 1.47. The van der Waals surface area contributed by atoms with Crippen molar-refractivity contribution in [2.75, 3.05) is 0 Å². The first-order chi connectivity index (χ1) is 4.76. The van der Waals surface area contributed by atoms with Gasteiger partial charge < -0.3 is 5.41 Å². The van der Waals surface area contributed by atoms with E-state index in [1.54, 1.807) is 12.1 Å². The number of rotatable bonds is 3. The van der Waals surface area contributed by atoms with Crippen LogP contribution in [-0.4, -0.2) is 5.71 Å². The quantitative estimate of drug-likeness (QED) is 0.595. The summed E-state index contributed by atoms with van der Waals surface area (Å²) >= 11 is 0. The number of hydrogen-bond donors (Lipinski definition) is 1. The highest BCUT2D eigenvalue weighted by Gasteiger charge is 2.10. The zero-order chi connectivity index (χ0) is 7.98. The average molecular weight is 135 g/mol. The largest absolute Gasteiger partial charge is 0.307 e. The maximum Gasteiger partial charge on any atom is 0.170 e. The highest BCUT2D eigenvalue weighted by atomic mass is 14.5. The molecule has 0 unspecified atom stereocenters. The van der Waals surface area contributed by atoms with Gasteiger partial charge in [-0.05, 0) is 6.42 Å². The summed E-state index contributed by atoms with van der Waals surface area (Å²) in [7, 11) is 0. The van der Waals surface area contributed by atoms with E-state index in [9.17, 15) is 0 Å². The molecular weight excluding hydrogens is 126 g/mol. The predicted molar refractivity (Wildman–Crippen MR) is 37.4 cm³/mol. The van der Waals surface area contributed by atoms with Gasteiger partial charge in [0, 0.05) is 5.71 Å². The Morgan fingerprint density at radius 1 is 1.50 bits per heavy atom. The van der Waals surface area contributed by atoms with E-state index in [4.69, 9.17) is 15.9 Å². The van der Waals surface area contributed by atoms with Crippen LogP contribution < -0.4 is 0 Å². The number of nitrogens with one attached hydrogen (secondary N) is 1. The van der Waals surface area contributed by atoms with E-state index in [-0.39, 0.29) is 5.71 Å². The molecule has 0 aliphatic rings. The standard InChI is InChI=1S/C7H9N3/c1-2-3-7(10)6(4-8)5-9/h6,10H,2-3H2,1H3. The van der Waals surface area contributed by atoms with E-state index in [0.717, 1.165) is 6.42 Å². The van der Waals surface area contributed by atoms with Crippen molar-refractivity contribution in [1.82, 2.24) is 0 Å². The average Bonchev–Trinajstić information content (AvgIpc) is 1.91. The van der Waals surface area contributed by atoms with Crippen molar-refractivity contribution in [2.45, 2.75) is 19.8 Å². The van der Waals surface area contributed by atoms with Crippen molar-refractivity contribution in [3.63, 3.8) is 0 Å². The lowest BCUT2D eigenvalue weighted by Gasteiger charge is -1.98. The van der Waals surface area contributed by atoms with Crippen LogP contribution >= 0.6 is 0 Å². The maximum absolute atomic E-state index is 8.31. The fraction of sp³-hybridized carbons (Fsp3) is 0.571. The summed E-state index contributed by atoms with van der Waals surface area (Å²) in [5, 5.41) is 23.8. The maximum atomic E-state index is 8.31. The van der Waals surface area contributed by atoms with Crippen molar-refractivity contribution in [3.8, 4) is 12.1 Å². The van der Waals surface area contributed by atoms with Crippen LogP contribution in [0.15, 0.2) is 0 Å². The summed E-state index contributed by atoms with van der Waals surface area (Å²) in [5.74, 6) is -0.833. The molecule has 0 fully saturated rings. The van der Waals surface area contributed by atoms with Gasteiger partial charge >= 0.3 is 0 Å². The SMILES string of the molecule is CCCC(=N)C(C#N)C#N. The zero-order valence-electron chi connectivity index (χ0n) is 5.89. The minimum Gasteiger partial charge on any atom is -0.307 e. The summed E-state index contributed by atoms with van der Waals surface area (Å²) in [6, 6.07) is 3.50. The third-order valence-corrected chi connectivity index (χ3v) is 1.13. The van der Waals surface area contributed by atoms with Crippen LogP contribution in [0.2, 0.25) is 0 Å². The Labute approximate surface area is 60.4 Å². The van der Waals surface area contributed by atoms with Gasteiger partial charge in [0.25, 0.3) is 0 Å². The van der Waals surface area contributed by atoms with Crippen molar-refractivity contribution in [1.29, 1.82) is 15.9 Å². The Morgan fingerprint density at radius 3 is 2.30 bits per heavy atom. The lowest BCUT2D eigenvalue weighted by molar-refractivity contribution is 0.938. The number of nitrogens with zero attached hydrogens (tertiary/aromatic N) is 2. The smallest absolute Gasteiger partial charge is 0.170 e. The molecule has 0 aromatic rings. The minimum atomic E-state index is -0.833. The van der Waals surface area contributed by atoms with Gasteiger partial charge in [-0.1, -0.05) is 13.3 Å². The molecule has 0 aromatic carbocycles. The molecule has 10 heavy (non-hydrogen) atoms. The summed E-state index contributed by atoms with van der Waals surface area (Å²) in [6.45, 7) is 1.92. The lowest BCUT2D eigenvalue weighted by atomic mass is 10.0. The van der Waals surface area contributed by atoms with Gasteiger partial charge in [-0.25, -0.2) is 0 Å². The van der Waals surface area contributed by atoms with Gasteiger partial charge in [-0.2, -0.15) is 10.5 Å². The van der Waals surface area contributed by atoms with Gasteiger partial charge in [-0.3, -0.25) is 0 Å². The van der Waals surface area contributed by atoms with Crippen molar-refractivity contribution in [3.05, 3.63) is 0 Å². The Balaban J connectivity index is 3.96. The number of nitriles is 2. The molecule has 0 radical (unpaired) electrons. The van der Waals surface area contributed by atoms with Crippen LogP contribution in [0.4, 0.5) is 0 Å². The fourth-order valence-electron chi connectivity index (χ4n) is 0.598. The summed E-state index contributed by atoms with van der Waals surface area (Å²) < 4.78 is 0. The molecule has 0 spiro atoms. The second-order valence-corrected chi connectivity index (χ2v) is 1.97. The molecule has 0 aromatic heterocycles. The van der Waals surface area contributed by atoms with E-state index in [1.165, 1.54) is 0 Å². The van der Waals surface area contributed by atoms with E-state index >= 15 is 0 Å². The van der Waals surface area contributed by atoms with E-state index in [1.807, 2.05) is 6.92 Å². The molecule has 0 aliphatic carbocycles. The van der Waals surface area contributed by atoms with Crippen LogP contribution in [0, 0.1) is 34.0 Å². The van der Waals surface area contributed by atoms with Gasteiger partial charge in [0.2, 0.25) is 0 Å². The van der Waals surface area contributed by atoms with Crippen LogP contribution in [0.5, 0.6) is 0 Å². The molecule has 1 N–H and O–H groups in total. The molecule has 0 bridgehead atoms. The van der Waals surface area contributed by atoms with Crippen LogP contribution in [0.3, 0.4) is 0 Å². The summed E-state index contributed by atoms with van der Waals surface area (Å²) in [5.41, 5.74) is 0.229. The van der Waals surface area contributed by atoms with Crippen molar-refractivity contribution < 1.29 is 0 Å². The molecule has 0 heterocycles. The van der Waals surface area contributed by atoms with Crippen LogP contribution in [0.25, 0.3) is 0 Å². The molecular formula is C7H9N3. The molecule has 0 atom stereocenters. The van der Waals surface area contributed by atoms with Crippen LogP contribution in [-0.2, 0) is 0 Å². The Bertz CT molecular complexity index is 180. The molecule has 3 heteroatoms. The first-order valence-electron chi connectivity index (χ1n) is 3.12. The van der Waals surface area contributed by atoms with E-state index in [0.29, 0.717) is 6.42 Å². The lowest BCUT2D eigenvalue weighted by Crippen LogP contribution is -2.08. The molecule has 0 amide bonds. The van der Waals surface area contributed by atoms with E-state index in [2.05, 4.69) is 0 Å². The Morgan fingerprint density at radius 2 is 2.00 bits per heavy atom. The van der Waals surface area contributed by atoms with E-state index < -0.39 is 5.92 Å². The normalized spacial score (nSPS) is 8.40. The first-order valence-corrected chi connectivity index (χ1v) is 3.12. The molecule has 0 rings (SSSR count). The third kappa shape index (κ3) is 2.28. The second-order valence-electron chi connectivity index (χ2n) is 1.97. The molecule has 3 nitrogen and oxygen atoms in total. The summed E-state index contributed by atoms with van der Waals surface area (Å²) in [4.78, 5) is 0. The molecule has 0 aliphatic heterocycles. The Kier molecular flexibility index (Phi) is 3.91. The van der Waals surface area contributed by atoms with Crippen molar-refractivity contribution in [2.24, 2.45) is 5.92 Å². The highest BCUT2D eigenvalue weighted by molar-refractivity contribution is 5.88. The van der Waals surface area contributed by atoms with Gasteiger partial charge in [0.15, 0.2) is 5.92 Å². The summed E-state index contributed by atoms with van der Waals surface area (Å²) in [6.07, 6.45) is 1.37. The second kappa shape index (κ2) is 4.52.